The second kappa shape index (κ2) is 5.84. The third-order valence-corrected chi connectivity index (χ3v) is 2.73. The highest BCUT2D eigenvalue weighted by Gasteiger charge is 2.16. The number of carbonyl (C=O) groups is 1. The van der Waals surface area contributed by atoms with Gasteiger partial charge in [0.1, 0.15) is 11.5 Å². The second-order valence-corrected chi connectivity index (χ2v) is 4.70. The first kappa shape index (κ1) is 14.9. The maximum atomic E-state index is 13.9. The van der Waals surface area contributed by atoms with Gasteiger partial charge >= 0.3 is 0 Å². The fourth-order valence-electron chi connectivity index (χ4n) is 1.83. The van der Waals surface area contributed by atoms with Crippen LogP contribution in [-0.2, 0) is 0 Å². The molecule has 0 bridgehead atoms. The van der Waals surface area contributed by atoms with Gasteiger partial charge in [-0.3, -0.25) is 15.0 Å². The summed E-state index contributed by atoms with van der Waals surface area (Å²) < 4.78 is 15.1. The third-order valence-electron chi connectivity index (χ3n) is 2.73. The van der Waals surface area contributed by atoms with E-state index in [2.05, 4.69) is 10.5 Å². The van der Waals surface area contributed by atoms with Crippen molar-refractivity contribution in [2.45, 2.75) is 6.92 Å². The average molecular weight is 290 g/mol. The molecule has 1 aromatic carbocycles. The van der Waals surface area contributed by atoms with Crippen molar-refractivity contribution in [3.05, 3.63) is 57.8 Å². The van der Waals surface area contributed by atoms with Crippen molar-refractivity contribution >= 4 is 5.91 Å². The summed E-state index contributed by atoms with van der Waals surface area (Å²) in [5, 5.41) is 5.38. The van der Waals surface area contributed by atoms with Crippen molar-refractivity contribution in [3.8, 4) is 5.69 Å². The number of nitrogens with one attached hydrogen (secondary N) is 1. The summed E-state index contributed by atoms with van der Waals surface area (Å²) in [6.07, 6.45) is 0. The molecule has 21 heavy (non-hydrogen) atoms. The van der Waals surface area contributed by atoms with E-state index in [0.29, 0.717) is 5.69 Å². The predicted octanol–water partition coefficient (Wildman–Crippen LogP) is 0.886. The first-order chi connectivity index (χ1) is 9.90. The molecule has 6 nitrogen and oxygen atoms in total. The Morgan fingerprint density at radius 3 is 2.62 bits per heavy atom. The number of hydrogen-bond acceptors (Lipinski definition) is 4. The predicted molar refractivity (Wildman–Crippen MR) is 75.7 cm³/mol. The molecule has 2 rings (SSSR count). The molecule has 2 aromatic rings. The molecule has 0 atom stereocenters. The van der Waals surface area contributed by atoms with E-state index < -0.39 is 17.2 Å². The minimum Gasteiger partial charge on any atom is -0.287 e. The van der Waals surface area contributed by atoms with Crippen molar-refractivity contribution in [1.29, 1.82) is 0 Å². The summed E-state index contributed by atoms with van der Waals surface area (Å²) in [4.78, 5) is 23.8. The maximum absolute atomic E-state index is 13.9. The van der Waals surface area contributed by atoms with Crippen LogP contribution in [0, 0.1) is 12.7 Å². The number of hydrazine groups is 1. The van der Waals surface area contributed by atoms with Gasteiger partial charge in [0.25, 0.3) is 5.91 Å². The molecule has 0 aliphatic rings. The summed E-state index contributed by atoms with van der Waals surface area (Å²) >= 11 is 0. The first-order valence-electron chi connectivity index (χ1n) is 6.24. The van der Waals surface area contributed by atoms with Crippen molar-refractivity contribution in [2.75, 3.05) is 14.1 Å². The van der Waals surface area contributed by atoms with Crippen molar-refractivity contribution in [3.63, 3.8) is 0 Å². The summed E-state index contributed by atoms with van der Waals surface area (Å²) in [5.74, 6) is -1.13. The van der Waals surface area contributed by atoms with E-state index in [1.54, 1.807) is 33.2 Å². The van der Waals surface area contributed by atoms with E-state index >= 15 is 0 Å². The smallest absolute Gasteiger partial charge is 0.287 e. The van der Waals surface area contributed by atoms with Crippen molar-refractivity contribution < 1.29 is 9.18 Å². The van der Waals surface area contributed by atoms with Crippen LogP contribution in [0.25, 0.3) is 5.69 Å². The lowest BCUT2D eigenvalue weighted by atomic mass is 10.2. The van der Waals surface area contributed by atoms with Crippen LogP contribution in [0.3, 0.4) is 0 Å². The van der Waals surface area contributed by atoms with Crippen molar-refractivity contribution in [1.82, 2.24) is 20.2 Å². The van der Waals surface area contributed by atoms with E-state index in [1.165, 1.54) is 27.9 Å². The second-order valence-electron chi connectivity index (χ2n) is 4.70. The number of aryl methyl sites for hydroxylation is 1. The Kier molecular flexibility index (Phi) is 4.13. The minimum atomic E-state index is -0.643. The fourth-order valence-corrected chi connectivity index (χ4v) is 1.83. The molecule has 1 N–H and O–H groups in total. The number of benzene rings is 1. The lowest BCUT2D eigenvalue weighted by molar-refractivity contribution is 0.0848. The van der Waals surface area contributed by atoms with Crippen LogP contribution >= 0.6 is 0 Å². The molecule has 1 heterocycles. The van der Waals surface area contributed by atoms with Crippen LogP contribution in [0.5, 0.6) is 0 Å². The first-order valence-corrected chi connectivity index (χ1v) is 6.24. The Labute approximate surface area is 120 Å². The summed E-state index contributed by atoms with van der Waals surface area (Å²) in [6.45, 7) is 1.62. The number of nitrogens with zero attached hydrogens (tertiary/aromatic N) is 3. The summed E-state index contributed by atoms with van der Waals surface area (Å²) in [5.41, 5.74) is 2.24. The Balaban J connectivity index is 2.57. The molecule has 110 valence electrons. The van der Waals surface area contributed by atoms with Gasteiger partial charge in [-0.1, -0.05) is 12.1 Å². The SMILES string of the molecule is Cc1cc(=O)c(C(=O)NN(C)C)nn1-c1ccccc1F. The zero-order chi connectivity index (χ0) is 15.6. The highest BCUT2D eigenvalue weighted by Crippen LogP contribution is 2.12. The summed E-state index contributed by atoms with van der Waals surface area (Å²) in [7, 11) is 3.23. The summed E-state index contributed by atoms with van der Waals surface area (Å²) in [6, 6.07) is 7.26. The Hall–Kier alpha value is -2.54. The molecule has 1 aromatic heterocycles. The highest BCUT2D eigenvalue weighted by atomic mass is 19.1. The monoisotopic (exact) mass is 290 g/mol. The van der Waals surface area contributed by atoms with Gasteiger partial charge in [0, 0.05) is 25.9 Å². The zero-order valence-corrected chi connectivity index (χ0v) is 11.9. The lowest BCUT2D eigenvalue weighted by Gasteiger charge is -2.14. The Morgan fingerprint density at radius 1 is 1.33 bits per heavy atom. The van der Waals surface area contributed by atoms with Gasteiger partial charge in [0.15, 0.2) is 5.69 Å². The third kappa shape index (κ3) is 3.14. The molecule has 0 aliphatic carbocycles. The van der Waals surface area contributed by atoms with Crippen LogP contribution in [-0.4, -0.2) is 34.8 Å². The topological polar surface area (TPSA) is 67.2 Å². The number of rotatable bonds is 3. The quantitative estimate of drug-likeness (QED) is 0.852. The molecule has 0 aliphatic heterocycles. The van der Waals surface area contributed by atoms with Crippen LogP contribution in [0.15, 0.2) is 35.1 Å². The molecule has 1 amide bonds. The molecule has 0 fully saturated rings. The Morgan fingerprint density at radius 2 is 2.00 bits per heavy atom. The van der Waals surface area contributed by atoms with Gasteiger partial charge in [0.2, 0.25) is 5.43 Å². The highest BCUT2D eigenvalue weighted by molar-refractivity contribution is 5.91. The van der Waals surface area contributed by atoms with Gasteiger partial charge in [-0.2, -0.15) is 5.10 Å². The molecular formula is C14H15FN4O2. The van der Waals surface area contributed by atoms with Crippen molar-refractivity contribution in [2.24, 2.45) is 0 Å². The van der Waals surface area contributed by atoms with E-state index in [4.69, 9.17) is 0 Å². The van der Waals surface area contributed by atoms with Gasteiger partial charge in [0.05, 0.1) is 0 Å². The fraction of sp³-hybridized carbons (Fsp3) is 0.214. The van der Waals surface area contributed by atoms with Gasteiger partial charge in [-0.15, -0.1) is 0 Å². The number of carbonyl (C=O) groups excluding carboxylic acids is 1. The zero-order valence-electron chi connectivity index (χ0n) is 11.9. The van der Waals surface area contributed by atoms with Gasteiger partial charge in [-0.05, 0) is 19.1 Å². The molecule has 0 spiro atoms. The number of para-hydroxylation sites is 1. The van der Waals surface area contributed by atoms with Crippen LogP contribution in [0.4, 0.5) is 4.39 Å². The van der Waals surface area contributed by atoms with E-state index in [1.807, 2.05) is 0 Å². The van der Waals surface area contributed by atoms with Crippen LogP contribution in [0.1, 0.15) is 16.2 Å². The van der Waals surface area contributed by atoms with E-state index in [9.17, 15) is 14.0 Å². The molecule has 0 saturated heterocycles. The largest absolute Gasteiger partial charge is 0.290 e. The van der Waals surface area contributed by atoms with Gasteiger partial charge in [-0.25, -0.2) is 14.1 Å². The van der Waals surface area contributed by atoms with E-state index in [0.717, 1.165) is 0 Å². The standard InChI is InChI=1S/C14H15FN4O2/c1-9-8-12(20)13(14(21)17-18(2)3)16-19(9)11-7-5-4-6-10(11)15/h4-8H,1-3H3,(H,17,21). The number of amides is 1. The normalized spacial score (nSPS) is 10.7. The maximum Gasteiger partial charge on any atom is 0.290 e. The van der Waals surface area contributed by atoms with Gasteiger partial charge < -0.3 is 0 Å². The number of aromatic nitrogens is 2. The molecule has 0 unspecified atom stereocenters. The van der Waals surface area contributed by atoms with E-state index in [-0.39, 0.29) is 11.4 Å². The lowest BCUT2D eigenvalue weighted by Crippen LogP contribution is -2.39. The molecule has 0 saturated carbocycles. The molecule has 7 heteroatoms. The average Bonchev–Trinajstić information content (AvgIpc) is 2.39. The molecular weight excluding hydrogens is 275 g/mol. The number of hydrogen-bond donors (Lipinski definition) is 1. The molecule has 0 radical (unpaired) electrons. The number of halogens is 1. The Bertz CT molecular complexity index is 740. The minimum absolute atomic E-state index is 0.175. The van der Waals surface area contributed by atoms with Crippen LogP contribution < -0.4 is 10.9 Å². The van der Waals surface area contributed by atoms with Crippen LogP contribution in [0.2, 0.25) is 0 Å².